The van der Waals surface area contributed by atoms with Gasteiger partial charge in [0.05, 0.1) is 22.8 Å². The number of urea groups is 1. The molecule has 1 saturated heterocycles. The summed E-state index contributed by atoms with van der Waals surface area (Å²) in [6.07, 6.45) is -3.68. The van der Waals surface area contributed by atoms with E-state index < -0.39 is 33.6 Å². The number of nitrogens with one attached hydrogen (secondary N) is 2. The molecular formula is C13H15F3N2O3S. The zero-order valence-electron chi connectivity index (χ0n) is 11.5. The Labute approximate surface area is 125 Å². The Morgan fingerprint density at radius 2 is 1.91 bits per heavy atom. The van der Waals surface area contributed by atoms with E-state index in [0.29, 0.717) is 12.8 Å². The van der Waals surface area contributed by atoms with Gasteiger partial charge >= 0.3 is 12.2 Å². The number of hydrogen-bond acceptors (Lipinski definition) is 3. The Kier molecular flexibility index (Phi) is 4.64. The first-order valence-corrected chi connectivity index (χ1v) is 8.44. The normalized spacial score (nSPS) is 21.1. The van der Waals surface area contributed by atoms with Crippen molar-refractivity contribution in [3.63, 3.8) is 0 Å². The van der Waals surface area contributed by atoms with E-state index >= 15 is 0 Å². The van der Waals surface area contributed by atoms with Crippen LogP contribution in [0, 0.1) is 0 Å². The van der Waals surface area contributed by atoms with Crippen LogP contribution in [0.15, 0.2) is 24.3 Å². The number of benzene rings is 1. The lowest BCUT2D eigenvalue weighted by atomic mass is 10.1. The highest BCUT2D eigenvalue weighted by molar-refractivity contribution is 7.91. The molecule has 1 aromatic rings. The van der Waals surface area contributed by atoms with Gasteiger partial charge < -0.3 is 10.6 Å². The highest BCUT2D eigenvalue weighted by Crippen LogP contribution is 2.34. The molecule has 0 aromatic heterocycles. The summed E-state index contributed by atoms with van der Waals surface area (Å²) < 4.78 is 61.4. The third-order valence-corrected chi connectivity index (χ3v) is 5.10. The third kappa shape index (κ3) is 4.36. The smallest absolute Gasteiger partial charge is 0.334 e. The number of halogens is 3. The van der Waals surface area contributed by atoms with Crippen LogP contribution in [0.4, 0.5) is 23.7 Å². The topological polar surface area (TPSA) is 75.3 Å². The quantitative estimate of drug-likeness (QED) is 0.871. The predicted molar refractivity (Wildman–Crippen MR) is 75.3 cm³/mol. The first-order valence-electron chi connectivity index (χ1n) is 6.61. The van der Waals surface area contributed by atoms with Gasteiger partial charge in [-0.3, -0.25) is 0 Å². The van der Waals surface area contributed by atoms with Crippen molar-refractivity contribution in [3.05, 3.63) is 29.8 Å². The predicted octanol–water partition coefficient (Wildman–Crippen LogP) is 2.40. The van der Waals surface area contributed by atoms with Crippen molar-refractivity contribution in [2.75, 3.05) is 16.8 Å². The lowest BCUT2D eigenvalue weighted by Gasteiger charge is -2.23. The van der Waals surface area contributed by atoms with E-state index in [0.717, 1.165) is 12.1 Å². The summed E-state index contributed by atoms with van der Waals surface area (Å²) in [5.74, 6) is -0.120. The minimum atomic E-state index is -4.59. The fourth-order valence-corrected chi connectivity index (χ4v) is 3.96. The molecule has 2 rings (SSSR count). The molecule has 22 heavy (non-hydrogen) atoms. The maximum Gasteiger partial charge on any atom is 0.418 e. The van der Waals surface area contributed by atoms with Gasteiger partial charge in [0, 0.05) is 6.04 Å². The molecule has 0 aliphatic carbocycles. The van der Waals surface area contributed by atoms with Crippen LogP contribution in [-0.2, 0) is 16.0 Å². The van der Waals surface area contributed by atoms with Crippen molar-refractivity contribution >= 4 is 21.6 Å². The number of amides is 2. The molecule has 1 aromatic carbocycles. The molecule has 1 aliphatic heterocycles. The summed E-state index contributed by atoms with van der Waals surface area (Å²) >= 11 is 0. The van der Waals surface area contributed by atoms with E-state index in [2.05, 4.69) is 10.6 Å². The van der Waals surface area contributed by atoms with Crippen molar-refractivity contribution in [1.29, 1.82) is 0 Å². The van der Waals surface area contributed by atoms with Gasteiger partial charge in [-0.05, 0) is 25.0 Å². The van der Waals surface area contributed by atoms with Crippen LogP contribution in [0.25, 0.3) is 0 Å². The molecule has 122 valence electrons. The monoisotopic (exact) mass is 336 g/mol. The molecular weight excluding hydrogens is 321 g/mol. The Hall–Kier alpha value is -1.77. The number of anilines is 1. The van der Waals surface area contributed by atoms with E-state index in [4.69, 9.17) is 0 Å². The maximum absolute atomic E-state index is 12.8. The Morgan fingerprint density at radius 1 is 1.23 bits per heavy atom. The molecule has 5 nitrogen and oxygen atoms in total. The van der Waals surface area contributed by atoms with Crippen molar-refractivity contribution < 1.29 is 26.4 Å². The van der Waals surface area contributed by atoms with Crippen LogP contribution in [0.1, 0.15) is 18.4 Å². The second-order valence-electron chi connectivity index (χ2n) is 5.10. The van der Waals surface area contributed by atoms with Gasteiger partial charge in [-0.1, -0.05) is 12.1 Å². The standard InChI is InChI=1S/C13H15F3N2O3S/c14-13(15,16)10-5-1-2-6-11(10)18-12(19)17-9-4-3-7-22(20,21)8-9/h1-2,5-6,9H,3-4,7-8H2,(H2,17,18,19)/t9-/m1/s1. The summed E-state index contributed by atoms with van der Waals surface area (Å²) in [4.78, 5) is 11.8. The fourth-order valence-electron chi connectivity index (χ4n) is 2.32. The van der Waals surface area contributed by atoms with Crippen LogP contribution in [-0.4, -0.2) is 32.0 Å². The summed E-state index contributed by atoms with van der Waals surface area (Å²) in [5.41, 5.74) is -1.33. The van der Waals surface area contributed by atoms with Crippen LogP contribution < -0.4 is 10.6 Å². The first kappa shape index (κ1) is 16.6. The number of hydrogen-bond donors (Lipinski definition) is 2. The molecule has 0 unspecified atom stereocenters. The van der Waals surface area contributed by atoms with Gasteiger partial charge in [-0.25, -0.2) is 13.2 Å². The second kappa shape index (κ2) is 6.15. The van der Waals surface area contributed by atoms with Crippen molar-refractivity contribution in [2.45, 2.75) is 25.1 Å². The van der Waals surface area contributed by atoms with Gasteiger partial charge in [-0.15, -0.1) is 0 Å². The molecule has 2 amide bonds. The Bertz CT molecular complexity index is 659. The van der Waals surface area contributed by atoms with Gasteiger partial charge in [0.2, 0.25) is 0 Å². The van der Waals surface area contributed by atoms with E-state index in [1.807, 2.05) is 0 Å². The van der Waals surface area contributed by atoms with Crippen LogP contribution in [0.2, 0.25) is 0 Å². The largest absolute Gasteiger partial charge is 0.418 e. The number of para-hydroxylation sites is 1. The average Bonchev–Trinajstić information content (AvgIpc) is 2.36. The SMILES string of the molecule is O=C(Nc1ccccc1C(F)(F)F)N[C@@H]1CCCS(=O)(=O)C1. The number of rotatable bonds is 2. The summed E-state index contributed by atoms with van der Waals surface area (Å²) in [5, 5.41) is 4.53. The van der Waals surface area contributed by atoms with Crippen molar-refractivity contribution in [3.8, 4) is 0 Å². The summed E-state index contributed by atoms with van der Waals surface area (Å²) in [7, 11) is -3.20. The lowest BCUT2D eigenvalue weighted by molar-refractivity contribution is -0.136. The third-order valence-electron chi connectivity index (χ3n) is 3.28. The van der Waals surface area contributed by atoms with E-state index in [9.17, 15) is 26.4 Å². The maximum atomic E-state index is 12.8. The second-order valence-corrected chi connectivity index (χ2v) is 7.32. The van der Waals surface area contributed by atoms with E-state index in [-0.39, 0.29) is 17.2 Å². The fraction of sp³-hybridized carbons (Fsp3) is 0.462. The number of sulfone groups is 1. The molecule has 0 radical (unpaired) electrons. The molecule has 1 fully saturated rings. The van der Waals surface area contributed by atoms with Gasteiger partial charge in [-0.2, -0.15) is 13.2 Å². The molecule has 0 bridgehead atoms. The average molecular weight is 336 g/mol. The van der Waals surface area contributed by atoms with Crippen LogP contribution in [0.5, 0.6) is 0 Å². The number of alkyl halides is 3. The zero-order valence-corrected chi connectivity index (χ0v) is 12.3. The lowest BCUT2D eigenvalue weighted by Crippen LogP contribution is -2.45. The molecule has 1 atom stereocenters. The van der Waals surface area contributed by atoms with Crippen molar-refractivity contribution in [2.24, 2.45) is 0 Å². The van der Waals surface area contributed by atoms with Crippen LogP contribution >= 0.6 is 0 Å². The molecule has 2 N–H and O–H groups in total. The van der Waals surface area contributed by atoms with E-state index in [1.165, 1.54) is 12.1 Å². The van der Waals surface area contributed by atoms with Crippen LogP contribution in [0.3, 0.4) is 0 Å². The minimum absolute atomic E-state index is 0.0731. The molecule has 9 heteroatoms. The molecule has 1 aliphatic rings. The number of carbonyl (C=O) groups excluding carboxylic acids is 1. The molecule has 0 spiro atoms. The zero-order chi connectivity index (χ0) is 16.4. The first-order chi connectivity index (χ1) is 10.2. The highest BCUT2D eigenvalue weighted by atomic mass is 32.2. The van der Waals surface area contributed by atoms with Gasteiger partial charge in [0.15, 0.2) is 9.84 Å². The Balaban J connectivity index is 2.04. The van der Waals surface area contributed by atoms with Gasteiger partial charge in [0.25, 0.3) is 0 Å². The van der Waals surface area contributed by atoms with Gasteiger partial charge in [0.1, 0.15) is 0 Å². The summed E-state index contributed by atoms with van der Waals surface area (Å²) in [6, 6.07) is 3.16. The number of carbonyl (C=O) groups is 1. The van der Waals surface area contributed by atoms with Crippen molar-refractivity contribution in [1.82, 2.24) is 5.32 Å². The molecule has 1 heterocycles. The highest BCUT2D eigenvalue weighted by Gasteiger charge is 2.34. The Morgan fingerprint density at radius 3 is 2.55 bits per heavy atom. The minimum Gasteiger partial charge on any atom is -0.334 e. The molecule has 0 saturated carbocycles. The van der Waals surface area contributed by atoms with E-state index in [1.54, 1.807) is 0 Å². The summed E-state index contributed by atoms with van der Waals surface area (Å²) in [6.45, 7) is 0.